The van der Waals surface area contributed by atoms with Crippen LogP contribution in [0.1, 0.15) is 32.1 Å². The van der Waals surface area contributed by atoms with Crippen LogP contribution >= 0.6 is 0 Å². The number of methoxy groups -OCH3 is 1. The van der Waals surface area contributed by atoms with Crippen molar-refractivity contribution in [1.29, 1.82) is 0 Å². The number of aromatic nitrogens is 3. The van der Waals surface area contributed by atoms with Gasteiger partial charge < -0.3 is 19.3 Å². The third-order valence-electron chi connectivity index (χ3n) is 5.55. The fourth-order valence-corrected chi connectivity index (χ4v) is 3.91. The van der Waals surface area contributed by atoms with Gasteiger partial charge in [0.25, 0.3) is 0 Å². The second-order valence-electron chi connectivity index (χ2n) is 7.71. The van der Waals surface area contributed by atoms with Crippen LogP contribution in [0.25, 0.3) is 17.1 Å². The van der Waals surface area contributed by atoms with E-state index in [0.29, 0.717) is 30.1 Å². The molecular formula is C24H29N3O4. The predicted molar refractivity (Wildman–Crippen MR) is 118 cm³/mol. The topological polar surface area (TPSA) is 78.6 Å². The lowest BCUT2D eigenvalue weighted by atomic mass is 9.90. The Morgan fingerprint density at radius 3 is 2.52 bits per heavy atom. The molecule has 7 nitrogen and oxygen atoms in total. The number of benzene rings is 2. The zero-order chi connectivity index (χ0) is 21.5. The molecule has 0 radical (unpaired) electrons. The molecule has 1 aromatic heterocycles. The number of aliphatic hydroxyl groups excluding tert-OH is 1. The van der Waals surface area contributed by atoms with Crippen molar-refractivity contribution in [3.63, 3.8) is 0 Å². The molecule has 1 heterocycles. The molecule has 0 atom stereocenters. The van der Waals surface area contributed by atoms with Gasteiger partial charge in [-0.25, -0.2) is 4.68 Å². The van der Waals surface area contributed by atoms with Crippen LogP contribution in [0.5, 0.6) is 17.5 Å². The van der Waals surface area contributed by atoms with Gasteiger partial charge in [-0.1, -0.05) is 31.4 Å². The van der Waals surface area contributed by atoms with E-state index in [0.717, 1.165) is 17.0 Å². The minimum absolute atomic E-state index is 0.0603. The first kappa shape index (κ1) is 21.2. The van der Waals surface area contributed by atoms with E-state index in [-0.39, 0.29) is 13.2 Å². The Bertz CT molecular complexity index is 965. The van der Waals surface area contributed by atoms with Gasteiger partial charge in [-0.2, -0.15) is 4.98 Å². The highest BCUT2D eigenvalue weighted by Crippen LogP contribution is 2.32. The largest absolute Gasteiger partial charge is 0.497 e. The number of ether oxygens (including phenoxy) is 3. The van der Waals surface area contributed by atoms with Crippen LogP contribution in [0.15, 0.2) is 48.5 Å². The molecule has 1 fully saturated rings. The maximum Gasteiger partial charge on any atom is 0.336 e. The van der Waals surface area contributed by atoms with Crippen molar-refractivity contribution in [3.05, 3.63) is 48.5 Å². The summed E-state index contributed by atoms with van der Waals surface area (Å²) in [5.41, 5.74) is 1.62. The number of aliphatic hydroxyl groups is 1. The lowest BCUT2D eigenvalue weighted by Gasteiger charge is -2.20. The van der Waals surface area contributed by atoms with E-state index in [1.807, 2.05) is 48.5 Å². The standard InChI is InChI=1S/C24H29N3O4/c1-29-20-13-11-19(12-14-20)27-23(21-9-5-6-10-22(21)30-16-15-28)25-24(26-27)31-17-18-7-3-2-4-8-18/h5-6,9-14,18,28H,2-4,7-8,15-17H2,1H3. The summed E-state index contributed by atoms with van der Waals surface area (Å²) in [7, 11) is 1.64. The first-order chi connectivity index (χ1) is 15.3. The molecule has 0 unspecified atom stereocenters. The van der Waals surface area contributed by atoms with Crippen molar-refractivity contribution < 1.29 is 19.3 Å². The number of para-hydroxylation sites is 1. The van der Waals surface area contributed by atoms with Crippen LogP contribution in [0, 0.1) is 5.92 Å². The maximum atomic E-state index is 9.18. The molecule has 164 valence electrons. The summed E-state index contributed by atoms with van der Waals surface area (Å²) in [6, 6.07) is 15.6. The van der Waals surface area contributed by atoms with Crippen molar-refractivity contribution in [2.75, 3.05) is 26.9 Å². The molecule has 1 saturated carbocycles. The van der Waals surface area contributed by atoms with E-state index in [9.17, 15) is 5.11 Å². The second kappa shape index (κ2) is 10.3. The molecule has 1 N–H and O–H groups in total. The van der Waals surface area contributed by atoms with Gasteiger partial charge in [-0.05, 0) is 55.2 Å². The molecule has 7 heteroatoms. The third kappa shape index (κ3) is 5.17. The van der Waals surface area contributed by atoms with E-state index < -0.39 is 0 Å². The summed E-state index contributed by atoms with van der Waals surface area (Å²) < 4.78 is 18.8. The molecule has 31 heavy (non-hydrogen) atoms. The van der Waals surface area contributed by atoms with Gasteiger partial charge in [0.1, 0.15) is 18.1 Å². The molecule has 0 aliphatic heterocycles. The van der Waals surface area contributed by atoms with E-state index >= 15 is 0 Å². The Kier molecular flexibility index (Phi) is 7.04. The molecule has 0 bridgehead atoms. The van der Waals surface area contributed by atoms with Crippen LogP contribution < -0.4 is 14.2 Å². The van der Waals surface area contributed by atoms with Crippen LogP contribution in [0.2, 0.25) is 0 Å². The molecule has 0 amide bonds. The highest BCUT2D eigenvalue weighted by molar-refractivity contribution is 5.66. The molecule has 0 spiro atoms. The summed E-state index contributed by atoms with van der Waals surface area (Å²) in [4.78, 5) is 4.71. The third-order valence-corrected chi connectivity index (χ3v) is 5.55. The van der Waals surface area contributed by atoms with Crippen LogP contribution in [-0.2, 0) is 0 Å². The Morgan fingerprint density at radius 1 is 1.00 bits per heavy atom. The predicted octanol–water partition coefficient (Wildman–Crippen LogP) is 4.27. The summed E-state index contributed by atoms with van der Waals surface area (Å²) in [6.45, 7) is 0.780. The van der Waals surface area contributed by atoms with Crippen molar-refractivity contribution in [2.45, 2.75) is 32.1 Å². The number of rotatable bonds is 9. The molecule has 3 aromatic rings. The SMILES string of the molecule is COc1ccc(-n2nc(OCC3CCCCC3)nc2-c2ccccc2OCCO)cc1. The highest BCUT2D eigenvalue weighted by atomic mass is 16.5. The van der Waals surface area contributed by atoms with Gasteiger partial charge in [0.15, 0.2) is 5.82 Å². The first-order valence-corrected chi connectivity index (χ1v) is 10.9. The Balaban J connectivity index is 1.67. The van der Waals surface area contributed by atoms with Crippen LogP contribution in [0.4, 0.5) is 0 Å². The summed E-state index contributed by atoms with van der Waals surface area (Å²) in [5, 5.41) is 13.8. The average Bonchev–Trinajstić information content (AvgIpc) is 3.26. The van der Waals surface area contributed by atoms with Gasteiger partial charge >= 0.3 is 6.01 Å². The molecule has 1 aliphatic carbocycles. The smallest absolute Gasteiger partial charge is 0.336 e. The van der Waals surface area contributed by atoms with E-state index in [1.165, 1.54) is 32.1 Å². The van der Waals surface area contributed by atoms with Gasteiger partial charge in [0.05, 0.1) is 31.6 Å². The second-order valence-corrected chi connectivity index (χ2v) is 7.71. The average molecular weight is 424 g/mol. The Labute approximate surface area is 182 Å². The van der Waals surface area contributed by atoms with E-state index in [4.69, 9.17) is 19.2 Å². The summed E-state index contributed by atoms with van der Waals surface area (Å²) in [6.07, 6.45) is 6.24. The zero-order valence-corrected chi connectivity index (χ0v) is 17.9. The lowest BCUT2D eigenvalue weighted by molar-refractivity contribution is 0.196. The van der Waals surface area contributed by atoms with Gasteiger partial charge in [-0.15, -0.1) is 5.10 Å². The summed E-state index contributed by atoms with van der Waals surface area (Å²) >= 11 is 0. The normalized spacial score (nSPS) is 14.4. The molecule has 1 aliphatic rings. The van der Waals surface area contributed by atoms with Gasteiger partial charge in [-0.3, -0.25) is 0 Å². The number of hydrogen-bond donors (Lipinski definition) is 1. The van der Waals surface area contributed by atoms with Gasteiger partial charge in [0, 0.05) is 0 Å². The van der Waals surface area contributed by atoms with Crippen molar-refractivity contribution in [3.8, 4) is 34.6 Å². The molecule has 4 rings (SSSR count). The van der Waals surface area contributed by atoms with Gasteiger partial charge in [0.2, 0.25) is 0 Å². The Morgan fingerprint density at radius 2 is 1.77 bits per heavy atom. The molecule has 2 aromatic carbocycles. The quantitative estimate of drug-likeness (QED) is 0.554. The maximum absolute atomic E-state index is 9.18. The van der Waals surface area contributed by atoms with Crippen molar-refractivity contribution >= 4 is 0 Å². The number of nitrogens with zero attached hydrogens (tertiary/aromatic N) is 3. The fraction of sp³-hybridized carbons (Fsp3) is 0.417. The van der Waals surface area contributed by atoms with Crippen LogP contribution in [-0.4, -0.2) is 46.8 Å². The minimum Gasteiger partial charge on any atom is -0.497 e. The fourth-order valence-electron chi connectivity index (χ4n) is 3.91. The minimum atomic E-state index is -0.0603. The Hall–Kier alpha value is -3.06. The van der Waals surface area contributed by atoms with E-state index in [1.54, 1.807) is 11.8 Å². The lowest BCUT2D eigenvalue weighted by Crippen LogP contribution is -2.15. The highest BCUT2D eigenvalue weighted by Gasteiger charge is 2.20. The first-order valence-electron chi connectivity index (χ1n) is 10.9. The van der Waals surface area contributed by atoms with Crippen molar-refractivity contribution in [1.82, 2.24) is 14.8 Å². The zero-order valence-electron chi connectivity index (χ0n) is 17.9. The molecule has 0 saturated heterocycles. The molecular weight excluding hydrogens is 394 g/mol. The summed E-state index contributed by atoms with van der Waals surface area (Å²) in [5.74, 6) is 2.59. The number of hydrogen-bond acceptors (Lipinski definition) is 6. The monoisotopic (exact) mass is 423 g/mol. The van der Waals surface area contributed by atoms with E-state index in [2.05, 4.69) is 5.10 Å². The van der Waals surface area contributed by atoms with Crippen LogP contribution in [0.3, 0.4) is 0 Å². The van der Waals surface area contributed by atoms with Crippen molar-refractivity contribution in [2.24, 2.45) is 5.92 Å².